The largest absolute Gasteiger partial charge is 0.383 e. The molecule has 1 unspecified atom stereocenters. The summed E-state index contributed by atoms with van der Waals surface area (Å²) >= 11 is 1.26. The van der Waals surface area contributed by atoms with Crippen LogP contribution in [0.5, 0.6) is 0 Å². The molecule has 0 fully saturated rings. The Bertz CT molecular complexity index is 621. The van der Waals surface area contributed by atoms with Crippen LogP contribution in [-0.2, 0) is 11.3 Å². The Morgan fingerprint density at radius 2 is 2.17 bits per heavy atom. The number of hydrogen-bond donors (Lipinski definition) is 2. The quantitative estimate of drug-likeness (QED) is 0.792. The lowest BCUT2D eigenvalue weighted by molar-refractivity contribution is 0.145. The Hall–Kier alpha value is -2.26. The minimum atomic E-state index is -0.264. The molecule has 1 atom stereocenters. The maximum absolute atomic E-state index is 12.5. The number of hydrogen-bond acceptors (Lipinski definition) is 7. The lowest BCUT2D eigenvalue weighted by Crippen LogP contribution is -2.42. The van der Waals surface area contributed by atoms with Crippen molar-refractivity contribution in [2.24, 2.45) is 0 Å². The average molecular weight is 336 g/mol. The number of carbonyl (C=O) groups is 1. The summed E-state index contributed by atoms with van der Waals surface area (Å²) < 4.78 is 5.08. The molecule has 2 aromatic rings. The summed E-state index contributed by atoms with van der Waals surface area (Å²) in [6.45, 7) is 3.26. The fourth-order valence-corrected chi connectivity index (χ4v) is 2.54. The minimum absolute atomic E-state index is 0.194. The van der Waals surface area contributed by atoms with Crippen LogP contribution in [0.25, 0.3) is 0 Å². The number of anilines is 1. The fraction of sp³-hybridized carbons (Fsp3) is 0.429. The first kappa shape index (κ1) is 17.1. The third kappa shape index (κ3) is 5.15. The van der Waals surface area contributed by atoms with Gasteiger partial charge in [-0.1, -0.05) is 11.3 Å². The second-order valence-corrected chi connectivity index (χ2v) is 5.96. The number of nitrogens with two attached hydrogens (primary N) is 1. The van der Waals surface area contributed by atoms with Crippen molar-refractivity contribution < 1.29 is 9.53 Å². The number of ether oxygens (including phenoxy) is 1. The maximum atomic E-state index is 12.5. The van der Waals surface area contributed by atoms with Gasteiger partial charge in [-0.25, -0.2) is 4.79 Å². The molecule has 9 heteroatoms. The molecular weight excluding hydrogens is 316 g/mol. The third-order valence-corrected chi connectivity index (χ3v) is 4.08. The summed E-state index contributed by atoms with van der Waals surface area (Å²) in [7, 11) is 1.61. The van der Waals surface area contributed by atoms with Gasteiger partial charge >= 0.3 is 6.03 Å². The normalized spacial score (nSPS) is 11.9. The van der Waals surface area contributed by atoms with Crippen molar-refractivity contribution in [2.45, 2.75) is 19.5 Å². The van der Waals surface area contributed by atoms with E-state index >= 15 is 0 Å². The van der Waals surface area contributed by atoms with Crippen molar-refractivity contribution in [3.05, 3.63) is 35.1 Å². The number of urea groups is 1. The van der Waals surface area contributed by atoms with Crippen LogP contribution in [0.4, 0.5) is 9.93 Å². The van der Waals surface area contributed by atoms with E-state index in [4.69, 9.17) is 10.5 Å². The van der Waals surface area contributed by atoms with Crippen LogP contribution >= 0.6 is 11.3 Å². The van der Waals surface area contributed by atoms with Crippen molar-refractivity contribution in [3.63, 3.8) is 0 Å². The van der Waals surface area contributed by atoms with Gasteiger partial charge in [0, 0.05) is 32.6 Å². The summed E-state index contributed by atoms with van der Waals surface area (Å²) in [5.74, 6) is 0. The molecule has 124 valence electrons. The van der Waals surface area contributed by atoms with Gasteiger partial charge in [0.1, 0.15) is 5.01 Å². The Morgan fingerprint density at radius 1 is 1.43 bits per heavy atom. The molecule has 3 N–H and O–H groups in total. The zero-order valence-corrected chi connectivity index (χ0v) is 13.9. The molecule has 0 bridgehead atoms. The first-order chi connectivity index (χ1) is 11.1. The van der Waals surface area contributed by atoms with Gasteiger partial charge in [-0.3, -0.25) is 4.98 Å². The molecular formula is C14H20N6O2S. The number of nitrogen functional groups attached to an aromatic ring is 1. The SMILES string of the molecule is COCCN(Cc1ccncc1)C(=O)NC(C)c1nnc(N)s1. The lowest BCUT2D eigenvalue weighted by atomic mass is 10.2. The van der Waals surface area contributed by atoms with Crippen molar-refractivity contribution in [3.8, 4) is 0 Å². The van der Waals surface area contributed by atoms with Crippen LogP contribution in [0.1, 0.15) is 23.5 Å². The average Bonchev–Trinajstić information content (AvgIpc) is 2.99. The van der Waals surface area contributed by atoms with Crippen molar-refractivity contribution in [2.75, 3.05) is 26.0 Å². The van der Waals surface area contributed by atoms with Crippen LogP contribution in [0.15, 0.2) is 24.5 Å². The maximum Gasteiger partial charge on any atom is 0.318 e. The minimum Gasteiger partial charge on any atom is -0.383 e. The highest BCUT2D eigenvalue weighted by molar-refractivity contribution is 7.15. The molecule has 23 heavy (non-hydrogen) atoms. The predicted octanol–water partition coefficient (Wildman–Crippen LogP) is 1.43. The monoisotopic (exact) mass is 336 g/mol. The Morgan fingerprint density at radius 3 is 2.78 bits per heavy atom. The molecule has 0 saturated heterocycles. The molecule has 0 aromatic carbocycles. The molecule has 2 heterocycles. The zero-order chi connectivity index (χ0) is 16.7. The van der Waals surface area contributed by atoms with Crippen molar-refractivity contribution in [1.29, 1.82) is 0 Å². The van der Waals surface area contributed by atoms with E-state index in [1.165, 1.54) is 11.3 Å². The van der Waals surface area contributed by atoms with Gasteiger partial charge in [0.05, 0.1) is 12.6 Å². The van der Waals surface area contributed by atoms with E-state index in [1.807, 2.05) is 19.1 Å². The molecule has 2 rings (SSSR count). The van der Waals surface area contributed by atoms with Gasteiger partial charge in [0.25, 0.3) is 0 Å². The number of amides is 2. The molecule has 0 radical (unpaired) electrons. The Balaban J connectivity index is 2.00. The predicted molar refractivity (Wildman–Crippen MR) is 87.8 cm³/mol. The molecule has 2 aromatic heterocycles. The molecule has 8 nitrogen and oxygen atoms in total. The smallest absolute Gasteiger partial charge is 0.318 e. The molecule has 0 saturated carbocycles. The fourth-order valence-electron chi connectivity index (χ4n) is 1.92. The van der Waals surface area contributed by atoms with Crippen LogP contribution < -0.4 is 11.1 Å². The van der Waals surface area contributed by atoms with Crippen molar-refractivity contribution in [1.82, 2.24) is 25.4 Å². The standard InChI is InChI=1S/C14H20N6O2S/c1-10(12-18-19-13(15)23-12)17-14(21)20(7-8-22-2)9-11-3-5-16-6-4-11/h3-6,10H,7-9H2,1-2H3,(H2,15,19)(H,17,21). The summed E-state index contributed by atoms with van der Waals surface area (Å²) in [4.78, 5) is 18.2. The first-order valence-corrected chi connectivity index (χ1v) is 7.94. The van der Waals surface area contributed by atoms with Crippen LogP contribution in [0, 0.1) is 0 Å². The number of nitrogens with zero attached hydrogens (tertiary/aromatic N) is 4. The van der Waals surface area contributed by atoms with E-state index in [2.05, 4.69) is 20.5 Å². The molecule has 0 aliphatic rings. The van der Waals surface area contributed by atoms with Gasteiger partial charge in [-0.15, -0.1) is 10.2 Å². The molecule has 0 spiro atoms. The topological polar surface area (TPSA) is 106 Å². The van der Waals surface area contributed by atoms with E-state index in [9.17, 15) is 4.79 Å². The van der Waals surface area contributed by atoms with Gasteiger partial charge in [-0.2, -0.15) is 0 Å². The van der Waals surface area contributed by atoms with E-state index in [-0.39, 0.29) is 12.1 Å². The van der Waals surface area contributed by atoms with Gasteiger partial charge in [0.15, 0.2) is 0 Å². The molecule has 0 aliphatic heterocycles. The van der Waals surface area contributed by atoms with Crippen molar-refractivity contribution >= 4 is 22.5 Å². The van der Waals surface area contributed by atoms with E-state index in [0.717, 1.165) is 5.56 Å². The van der Waals surface area contributed by atoms with E-state index in [1.54, 1.807) is 24.4 Å². The first-order valence-electron chi connectivity index (χ1n) is 7.12. The Labute approximate surface area is 138 Å². The van der Waals surface area contributed by atoms with Gasteiger partial charge in [-0.05, 0) is 24.6 Å². The number of aromatic nitrogens is 3. The summed E-state index contributed by atoms with van der Waals surface area (Å²) in [5, 5.41) is 11.7. The van der Waals surface area contributed by atoms with Gasteiger partial charge < -0.3 is 20.7 Å². The second-order valence-electron chi connectivity index (χ2n) is 4.92. The molecule has 0 aliphatic carbocycles. The number of methoxy groups -OCH3 is 1. The highest BCUT2D eigenvalue weighted by atomic mass is 32.1. The number of nitrogens with one attached hydrogen (secondary N) is 1. The summed E-state index contributed by atoms with van der Waals surface area (Å²) in [5.41, 5.74) is 6.57. The number of pyridine rings is 1. The van der Waals surface area contributed by atoms with Gasteiger partial charge in [0.2, 0.25) is 5.13 Å². The summed E-state index contributed by atoms with van der Waals surface area (Å²) in [6.07, 6.45) is 3.41. The van der Waals surface area contributed by atoms with Crippen LogP contribution in [0.2, 0.25) is 0 Å². The Kier molecular flexibility index (Phi) is 6.24. The highest BCUT2D eigenvalue weighted by Gasteiger charge is 2.19. The van der Waals surface area contributed by atoms with Crippen LogP contribution in [0.3, 0.4) is 0 Å². The summed E-state index contributed by atoms with van der Waals surface area (Å²) in [6, 6.07) is 3.30. The second kappa shape index (κ2) is 8.39. The number of carbonyl (C=O) groups excluding carboxylic acids is 1. The van der Waals surface area contributed by atoms with Crippen LogP contribution in [-0.4, -0.2) is 46.4 Å². The lowest BCUT2D eigenvalue weighted by Gasteiger charge is -2.24. The number of rotatable bonds is 7. The highest BCUT2D eigenvalue weighted by Crippen LogP contribution is 2.19. The third-order valence-electron chi connectivity index (χ3n) is 3.14. The van der Waals surface area contributed by atoms with E-state index < -0.39 is 0 Å². The van der Waals surface area contributed by atoms with E-state index in [0.29, 0.717) is 29.8 Å². The zero-order valence-electron chi connectivity index (χ0n) is 13.1. The molecule has 2 amide bonds.